The Hall–Kier alpha value is -3.41. The van der Waals surface area contributed by atoms with Gasteiger partial charge in [0.2, 0.25) is 0 Å². The van der Waals surface area contributed by atoms with E-state index in [0.717, 1.165) is 109 Å². The maximum absolute atomic E-state index is 12.9. The topological polar surface area (TPSA) is 78.9 Å². The van der Waals surface area contributed by atoms with Crippen LogP contribution in [0.3, 0.4) is 0 Å². The van der Waals surface area contributed by atoms with Crippen molar-refractivity contribution in [2.24, 2.45) is 0 Å². The molecule has 0 aromatic rings. The van der Waals surface area contributed by atoms with Crippen molar-refractivity contribution in [1.29, 1.82) is 0 Å². The normalized spacial score (nSPS) is 12.6. The first kappa shape index (κ1) is 70.6. The Labute approximate surface area is 458 Å². The lowest BCUT2D eigenvalue weighted by Gasteiger charge is -2.18. The number of carbonyl (C=O) groups is 3. The van der Waals surface area contributed by atoms with Crippen LogP contribution in [-0.4, -0.2) is 37.2 Å². The molecular formula is C68H118O6. The molecule has 0 spiro atoms. The molecule has 1 atom stereocenters. The highest BCUT2D eigenvalue weighted by atomic mass is 16.6. The predicted octanol–water partition coefficient (Wildman–Crippen LogP) is 21.5. The Morgan fingerprint density at radius 2 is 0.527 bits per heavy atom. The summed E-state index contributed by atoms with van der Waals surface area (Å²) < 4.78 is 16.9. The van der Waals surface area contributed by atoms with Gasteiger partial charge in [-0.05, 0) is 116 Å². The van der Waals surface area contributed by atoms with Crippen LogP contribution in [0.5, 0.6) is 0 Å². The molecule has 0 aromatic carbocycles. The molecular weight excluding hydrogens is 913 g/mol. The number of hydrogen-bond donors (Lipinski definition) is 0. The second-order valence-corrected chi connectivity index (χ2v) is 20.9. The van der Waals surface area contributed by atoms with Crippen molar-refractivity contribution in [3.05, 3.63) is 85.1 Å². The Morgan fingerprint density at radius 3 is 0.851 bits per heavy atom. The fourth-order valence-electron chi connectivity index (χ4n) is 8.87. The molecule has 6 heteroatoms. The number of unbranched alkanes of at least 4 members (excludes halogenated alkanes) is 32. The summed E-state index contributed by atoms with van der Waals surface area (Å²) in [7, 11) is 0. The van der Waals surface area contributed by atoms with Crippen LogP contribution in [0.25, 0.3) is 0 Å². The molecule has 0 rings (SSSR count). The van der Waals surface area contributed by atoms with E-state index in [0.29, 0.717) is 19.3 Å². The first-order valence-electron chi connectivity index (χ1n) is 31.6. The minimum Gasteiger partial charge on any atom is -0.462 e. The van der Waals surface area contributed by atoms with Crippen LogP contribution in [0.15, 0.2) is 85.1 Å². The summed E-state index contributed by atoms with van der Waals surface area (Å²) in [5, 5.41) is 0. The van der Waals surface area contributed by atoms with Crippen molar-refractivity contribution in [2.45, 2.75) is 316 Å². The predicted molar refractivity (Wildman–Crippen MR) is 321 cm³/mol. The zero-order valence-electron chi connectivity index (χ0n) is 48.8. The van der Waals surface area contributed by atoms with Gasteiger partial charge in [0.25, 0.3) is 0 Å². The molecule has 0 heterocycles. The van der Waals surface area contributed by atoms with Crippen molar-refractivity contribution in [3.8, 4) is 0 Å². The third-order valence-electron chi connectivity index (χ3n) is 13.6. The fraction of sp³-hybridized carbons (Fsp3) is 0.750. The van der Waals surface area contributed by atoms with E-state index in [2.05, 4.69) is 106 Å². The molecule has 0 aliphatic rings. The van der Waals surface area contributed by atoms with Crippen LogP contribution in [-0.2, 0) is 28.6 Å². The lowest BCUT2D eigenvalue weighted by molar-refractivity contribution is -0.167. The van der Waals surface area contributed by atoms with E-state index in [9.17, 15) is 14.4 Å². The molecule has 1 unspecified atom stereocenters. The van der Waals surface area contributed by atoms with Gasteiger partial charge < -0.3 is 14.2 Å². The van der Waals surface area contributed by atoms with E-state index >= 15 is 0 Å². The van der Waals surface area contributed by atoms with E-state index < -0.39 is 6.10 Å². The van der Waals surface area contributed by atoms with E-state index in [1.54, 1.807) is 0 Å². The summed E-state index contributed by atoms with van der Waals surface area (Å²) in [5.74, 6) is -0.921. The number of carbonyl (C=O) groups excluding carboxylic acids is 3. The van der Waals surface area contributed by atoms with Crippen LogP contribution in [0.4, 0.5) is 0 Å². The van der Waals surface area contributed by atoms with Gasteiger partial charge in [-0.25, -0.2) is 0 Å². The Bertz CT molecular complexity index is 1420. The smallest absolute Gasteiger partial charge is 0.306 e. The average molecular weight is 1030 g/mol. The van der Waals surface area contributed by atoms with Gasteiger partial charge in [-0.15, -0.1) is 0 Å². The van der Waals surface area contributed by atoms with Crippen molar-refractivity contribution in [2.75, 3.05) is 13.2 Å². The Kier molecular flexibility index (Phi) is 59.3. The molecule has 0 aliphatic heterocycles. The zero-order chi connectivity index (χ0) is 53.6. The molecule has 6 nitrogen and oxygen atoms in total. The maximum atomic E-state index is 12.9. The van der Waals surface area contributed by atoms with E-state index in [1.807, 2.05) is 0 Å². The second-order valence-electron chi connectivity index (χ2n) is 20.9. The van der Waals surface area contributed by atoms with Gasteiger partial charge in [-0.1, -0.05) is 260 Å². The summed E-state index contributed by atoms with van der Waals surface area (Å²) in [4.78, 5) is 38.2. The number of rotatable bonds is 57. The molecule has 426 valence electrons. The molecule has 0 aromatic heterocycles. The SMILES string of the molecule is CC/C=C\C/C=C\C/C=C\CCCCCC(=O)OCC(COC(=O)CCCCCCCCCCCCCC/C=C\C/C=C\C/C=C\CCCCCCC)OC(=O)CCCCCCC/C=C\CCCCCCCCC. The Morgan fingerprint density at radius 1 is 0.284 bits per heavy atom. The van der Waals surface area contributed by atoms with Crippen LogP contribution in [0, 0.1) is 0 Å². The minimum atomic E-state index is -0.794. The average Bonchev–Trinajstić information content (AvgIpc) is 3.40. The number of hydrogen-bond acceptors (Lipinski definition) is 6. The highest BCUT2D eigenvalue weighted by molar-refractivity contribution is 5.71. The van der Waals surface area contributed by atoms with E-state index in [4.69, 9.17) is 14.2 Å². The van der Waals surface area contributed by atoms with Crippen molar-refractivity contribution in [1.82, 2.24) is 0 Å². The lowest BCUT2D eigenvalue weighted by atomic mass is 10.0. The third-order valence-corrected chi connectivity index (χ3v) is 13.6. The summed E-state index contributed by atoms with van der Waals surface area (Å²) in [6, 6.07) is 0. The van der Waals surface area contributed by atoms with E-state index in [1.165, 1.54) is 161 Å². The molecule has 0 amide bonds. The van der Waals surface area contributed by atoms with Gasteiger partial charge >= 0.3 is 17.9 Å². The summed E-state index contributed by atoms with van der Waals surface area (Å²) >= 11 is 0. The molecule has 0 radical (unpaired) electrons. The second kappa shape index (κ2) is 62.1. The Balaban J connectivity index is 4.29. The zero-order valence-corrected chi connectivity index (χ0v) is 48.8. The number of allylic oxidation sites excluding steroid dienone is 14. The quantitative estimate of drug-likeness (QED) is 0.0261. The van der Waals surface area contributed by atoms with Crippen LogP contribution < -0.4 is 0 Å². The van der Waals surface area contributed by atoms with Gasteiger partial charge in [0.05, 0.1) is 0 Å². The third kappa shape index (κ3) is 59.5. The van der Waals surface area contributed by atoms with Gasteiger partial charge in [0.15, 0.2) is 6.10 Å². The summed E-state index contributed by atoms with van der Waals surface area (Å²) in [5.41, 5.74) is 0. The molecule has 0 saturated carbocycles. The molecule has 0 aliphatic carbocycles. The highest BCUT2D eigenvalue weighted by Crippen LogP contribution is 2.16. The monoisotopic (exact) mass is 1030 g/mol. The number of esters is 3. The maximum Gasteiger partial charge on any atom is 0.306 e. The summed E-state index contributed by atoms with van der Waals surface area (Å²) in [6.45, 7) is 6.50. The highest BCUT2D eigenvalue weighted by Gasteiger charge is 2.19. The standard InChI is InChI=1S/C68H118O6/c1-4-7-10-13-16-19-22-25-27-29-30-31-32-33-34-35-36-37-38-39-41-43-46-49-52-55-58-61-67(70)73-64-65(63-72-66(69)60-57-54-51-48-45-42-24-21-18-15-12-9-6-3)74-68(71)62-59-56-53-50-47-44-40-28-26-23-20-17-14-11-8-5-2/h9,12,18,21-22,25,28-30,32-33,40,42,45,65H,4-8,10-11,13-17,19-20,23-24,26-27,31,34-39,41,43-44,46-64H2,1-3H3/b12-9-,21-18-,25-22-,30-29-,33-32-,40-28-,45-42-. The van der Waals surface area contributed by atoms with Gasteiger partial charge in [-0.2, -0.15) is 0 Å². The van der Waals surface area contributed by atoms with Crippen LogP contribution >= 0.6 is 0 Å². The molecule has 0 N–H and O–H groups in total. The first-order chi connectivity index (χ1) is 36.5. The van der Waals surface area contributed by atoms with Crippen LogP contribution in [0.2, 0.25) is 0 Å². The summed E-state index contributed by atoms with van der Waals surface area (Å²) in [6.07, 6.45) is 81.7. The van der Waals surface area contributed by atoms with Crippen molar-refractivity contribution < 1.29 is 28.6 Å². The van der Waals surface area contributed by atoms with E-state index in [-0.39, 0.29) is 31.1 Å². The first-order valence-corrected chi connectivity index (χ1v) is 31.6. The fourth-order valence-corrected chi connectivity index (χ4v) is 8.87. The van der Waals surface area contributed by atoms with Gasteiger partial charge in [-0.3, -0.25) is 14.4 Å². The molecule has 74 heavy (non-hydrogen) atoms. The van der Waals surface area contributed by atoms with Crippen LogP contribution in [0.1, 0.15) is 310 Å². The van der Waals surface area contributed by atoms with Gasteiger partial charge in [0, 0.05) is 19.3 Å². The van der Waals surface area contributed by atoms with Gasteiger partial charge in [0.1, 0.15) is 13.2 Å². The molecule has 0 fully saturated rings. The van der Waals surface area contributed by atoms with Crippen molar-refractivity contribution in [3.63, 3.8) is 0 Å². The molecule has 0 saturated heterocycles. The number of ether oxygens (including phenoxy) is 3. The lowest BCUT2D eigenvalue weighted by Crippen LogP contribution is -2.30. The van der Waals surface area contributed by atoms with Crippen molar-refractivity contribution >= 4 is 17.9 Å². The minimum absolute atomic E-state index is 0.0893. The largest absolute Gasteiger partial charge is 0.462 e. The molecule has 0 bridgehead atoms.